The second kappa shape index (κ2) is 10.6. The van der Waals surface area contributed by atoms with E-state index in [0.717, 1.165) is 5.56 Å². The summed E-state index contributed by atoms with van der Waals surface area (Å²) < 4.78 is 16.7. The quantitative estimate of drug-likeness (QED) is 0.368. The molecular weight excluding hydrogens is 495 g/mol. The number of allylic oxidation sites excluding steroid dienone is 1. The highest BCUT2D eigenvalue weighted by Crippen LogP contribution is 2.41. The van der Waals surface area contributed by atoms with Crippen LogP contribution in [0.1, 0.15) is 31.0 Å². The van der Waals surface area contributed by atoms with Crippen molar-refractivity contribution in [2.45, 2.75) is 26.5 Å². The third-order valence-electron chi connectivity index (χ3n) is 4.74. The van der Waals surface area contributed by atoms with Crippen molar-refractivity contribution in [1.82, 2.24) is 10.6 Å². The van der Waals surface area contributed by atoms with E-state index in [4.69, 9.17) is 61.2 Å². The van der Waals surface area contributed by atoms with Gasteiger partial charge in [-0.1, -0.05) is 40.9 Å². The van der Waals surface area contributed by atoms with Crippen LogP contribution in [0.5, 0.6) is 11.5 Å². The van der Waals surface area contributed by atoms with Gasteiger partial charge in [0, 0.05) is 21.3 Å². The summed E-state index contributed by atoms with van der Waals surface area (Å²) in [5.74, 6) is 0.286. The number of benzene rings is 2. The van der Waals surface area contributed by atoms with Gasteiger partial charge in [0.2, 0.25) is 0 Å². The van der Waals surface area contributed by atoms with Crippen molar-refractivity contribution in [2.24, 2.45) is 0 Å². The van der Waals surface area contributed by atoms with Crippen molar-refractivity contribution in [3.05, 3.63) is 67.8 Å². The molecular formula is C22H21Cl3N2O4S. The number of methoxy groups -OCH3 is 1. The fourth-order valence-corrected chi connectivity index (χ4v) is 4.27. The number of nitrogens with one attached hydrogen (secondary N) is 2. The van der Waals surface area contributed by atoms with Gasteiger partial charge in [0.05, 0.1) is 30.4 Å². The Kier molecular flexibility index (Phi) is 8.11. The maximum atomic E-state index is 12.6. The largest absolute Gasteiger partial charge is 0.493 e. The van der Waals surface area contributed by atoms with Gasteiger partial charge in [0.25, 0.3) is 0 Å². The van der Waals surface area contributed by atoms with Crippen LogP contribution >= 0.6 is 47.0 Å². The lowest BCUT2D eigenvalue weighted by molar-refractivity contribution is -0.139. The van der Waals surface area contributed by atoms with Crippen LogP contribution in [-0.4, -0.2) is 24.8 Å². The minimum atomic E-state index is -0.575. The fraction of sp³-hybridized carbons (Fsp3) is 0.273. The number of esters is 1. The molecule has 0 saturated heterocycles. The number of hydrogen-bond acceptors (Lipinski definition) is 5. The van der Waals surface area contributed by atoms with E-state index in [-0.39, 0.29) is 13.2 Å². The van der Waals surface area contributed by atoms with Crippen LogP contribution in [0.3, 0.4) is 0 Å². The molecule has 0 fully saturated rings. The molecule has 3 rings (SSSR count). The second-order valence-corrected chi connectivity index (χ2v) is 8.51. The number of thiocarbonyl (C=S) groups is 1. The van der Waals surface area contributed by atoms with Gasteiger partial charge >= 0.3 is 5.97 Å². The molecule has 1 aliphatic rings. The first kappa shape index (κ1) is 24.5. The SMILES string of the molecule is CCOC(=O)C1=C(C)NC(=S)N[C@@H]1c1cc(Cl)c(OCc2ccc(Cl)cc2Cl)c(OC)c1. The zero-order valence-corrected chi connectivity index (χ0v) is 20.6. The van der Waals surface area contributed by atoms with E-state index in [1.807, 2.05) is 0 Å². The fourth-order valence-electron chi connectivity index (χ4n) is 3.26. The summed E-state index contributed by atoms with van der Waals surface area (Å²) in [6, 6.07) is 8.00. The molecule has 1 heterocycles. The monoisotopic (exact) mass is 514 g/mol. The molecule has 2 N–H and O–H groups in total. The average Bonchev–Trinajstić information content (AvgIpc) is 2.73. The lowest BCUT2D eigenvalue weighted by Gasteiger charge is -2.30. The molecule has 0 amide bonds. The van der Waals surface area contributed by atoms with E-state index < -0.39 is 12.0 Å². The summed E-state index contributed by atoms with van der Waals surface area (Å²) in [5, 5.41) is 7.76. The van der Waals surface area contributed by atoms with Crippen molar-refractivity contribution < 1.29 is 19.0 Å². The topological polar surface area (TPSA) is 68.8 Å². The molecule has 1 atom stereocenters. The maximum absolute atomic E-state index is 12.6. The van der Waals surface area contributed by atoms with Crippen LogP contribution in [0, 0.1) is 0 Å². The standard InChI is InChI=1S/C22H21Cl3N2O4S/c1-4-30-21(28)18-11(2)26-22(32)27-19(18)13-7-16(25)20(17(8-13)29-3)31-10-12-5-6-14(23)9-15(12)24/h5-9,19H,4,10H2,1-3H3,(H2,26,27,32)/t19-/m1/s1. The van der Waals surface area contributed by atoms with Crippen LogP contribution in [0.4, 0.5) is 0 Å². The second-order valence-electron chi connectivity index (χ2n) is 6.85. The Bertz CT molecular complexity index is 1090. The summed E-state index contributed by atoms with van der Waals surface area (Å²) in [6.45, 7) is 3.92. The zero-order valence-electron chi connectivity index (χ0n) is 17.6. The van der Waals surface area contributed by atoms with Crippen LogP contribution in [0.15, 0.2) is 41.6 Å². The molecule has 1 aliphatic heterocycles. The predicted octanol–water partition coefficient (Wildman–Crippen LogP) is 5.59. The van der Waals surface area contributed by atoms with E-state index >= 15 is 0 Å². The first-order chi connectivity index (χ1) is 15.2. The predicted molar refractivity (Wildman–Crippen MR) is 130 cm³/mol. The molecule has 0 radical (unpaired) electrons. The van der Waals surface area contributed by atoms with Crippen LogP contribution in [0.25, 0.3) is 0 Å². The van der Waals surface area contributed by atoms with E-state index in [1.54, 1.807) is 44.2 Å². The number of carbonyl (C=O) groups is 1. The Labute approximate surface area is 206 Å². The van der Waals surface area contributed by atoms with Gasteiger partial charge in [-0.3, -0.25) is 0 Å². The number of hydrogen-bond donors (Lipinski definition) is 2. The number of halogens is 3. The normalized spacial score (nSPS) is 15.7. The van der Waals surface area contributed by atoms with Gasteiger partial charge in [-0.2, -0.15) is 0 Å². The first-order valence-electron chi connectivity index (χ1n) is 9.64. The molecule has 2 aromatic rings. The summed E-state index contributed by atoms with van der Waals surface area (Å²) in [7, 11) is 1.51. The molecule has 0 bridgehead atoms. The number of rotatable bonds is 7. The minimum absolute atomic E-state index is 0.161. The van der Waals surface area contributed by atoms with Crippen molar-refractivity contribution >= 4 is 58.1 Å². The molecule has 10 heteroatoms. The highest BCUT2D eigenvalue weighted by Gasteiger charge is 2.32. The Balaban J connectivity index is 1.95. The smallest absolute Gasteiger partial charge is 0.338 e. The minimum Gasteiger partial charge on any atom is -0.493 e. The molecule has 0 aromatic heterocycles. The Hall–Kier alpha value is -2.19. The Morgan fingerprint density at radius 1 is 1.16 bits per heavy atom. The first-order valence-corrected chi connectivity index (χ1v) is 11.2. The zero-order chi connectivity index (χ0) is 23.4. The lowest BCUT2D eigenvalue weighted by Crippen LogP contribution is -2.45. The molecule has 32 heavy (non-hydrogen) atoms. The third-order valence-corrected chi connectivity index (χ3v) is 5.82. The summed E-state index contributed by atoms with van der Waals surface area (Å²) in [6.07, 6.45) is 0. The number of ether oxygens (including phenoxy) is 3. The summed E-state index contributed by atoms with van der Waals surface area (Å²) in [4.78, 5) is 12.6. The maximum Gasteiger partial charge on any atom is 0.338 e. The number of carbonyl (C=O) groups excluding carboxylic acids is 1. The van der Waals surface area contributed by atoms with Gasteiger partial charge in [-0.05, 0) is 55.9 Å². The van der Waals surface area contributed by atoms with Crippen LogP contribution in [0.2, 0.25) is 15.1 Å². The summed E-state index contributed by atoms with van der Waals surface area (Å²) in [5.41, 5.74) is 2.41. The van der Waals surface area contributed by atoms with Gasteiger partial charge in [-0.15, -0.1) is 0 Å². The summed E-state index contributed by atoms with van der Waals surface area (Å²) >= 11 is 24.0. The highest BCUT2D eigenvalue weighted by atomic mass is 35.5. The molecule has 0 aliphatic carbocycles. The van der Waals surface area contributed by atoms with Crippen LogP contribution in [-0.2, 0) is 16.1 Å². The molecule has 170 valence electrons. The van der Waals surface area contributed by atoms with E-state index in [9.17, 15) is 4.79 Å². The Morgan fingerprint density at radius 3 is 2.56 bits per heavy atom. The van der Waals surface area contributed by atoms with E-state index in [2.05, 4.69) is 10.6 Å². The molecule has 2 aromatic carbocycles. The van der Waals surface area contributed by atoms with Gasteiger partial charge in [-0.25, -0.2) is 4.79 Å². The van der Waals surface area contributed by atoms with Crippen molar-refractivity contribution in [2.75, 3.05) is 13.7 Å². The van der Waals surface area contributed by atoms with E-state index in [1.165, 1.54) is 7.11 Å². The lowest BCUT2D eigenvalue weighted by atomic mass is 9.95. The van der Waals surface area contributed by atoms with Crippen molar-refractivity contribution in [3.63, 3.8) is 0 Å². The van der Waals surface area contributed by atoms with Gasteiger partial charge < -0.3 is 24.8 Å². The van der Waals surface area contributed by atoms with Crippen molar-refractivity contribution in [1.29, 1.82) is 0 Å². The Morgan fingerprint density at radius 2 is 1.91 bits per heavy atom. The van der Waals surface area contributed by atoms with Gasteiger partial charge in [0.15, 0.2) is 16.6 Å². The molecule has 0 saturated carbocycles. The molecule has 0 unspecified atom stereocenters. The van der Waals surface area contributed by atoms with Crippen LogP contribution < -0.4 is 20.1 Å². The van der Waals surface area contributed by atoms with Crippen molar-refractivity contribution in [3.8, 4) is 11.5 Å². The average molecular weight is 516 g/mol. The van der Waals surface area contributed by atoms with Gasteiger partial charge in [0.1, 0.15) is 6.61 Å². The van der Waals surface area contributed by atoms with E-state index in [0.29, 0.717) is 48.5 Å². The highest BCUT2D eigenvalue weighted by molar-refractivity contribution is 7.80. The third kappa shape index (κ3) is 5.41. The molecule has 0 spiro atoms. The molecule has 6 nitrogen and oxygen atoms in total.